The van der Waals surface area contributed by atoms with Gasteiger partial charge in [-0.1, -0.05) is 6.07 Å². The number of nitrogens with zero attached hydrogens (tertiary/aromatic N) is 1. The van der Waals surface area contributed by atoms with E-state index >= 15 is 0 Å². The summed E-state index contributed by atoms with van der Waals surface area (Å²) in [5, 5.41) is 2.99. The average molecular weight is 264 g/mol. The molecule has 3 nitrogen and oxygen atoms in total. The van der Waals surface area contributed by atoms with E-state index in [-0.39, 0.29) is 18.3 Å². The molecule has 1 saturated heterocycles. The van der Waals surface area contributed by atoms with E-state index in [4.69, 9.17) is 0 Å². The maximum atomic E-state index is 13.0. The molecule has 1 aromatic rings. The molecule has 1 aliphatic rings. The predicted molar refractivity (Wildman–Crippen MR) is 74.5 cm³/mol. The Balaban J connectivity index is 1.93. The number of hydrogen-bond acceptors (Lipinski definition) is 2. The molecule has 4 heteroatoms. The molecular formula is C15H21FN2O. The zero-order valence-corrected chi connectivity index (χ0v) is 11.5. The molecule has 0 aromatic heterocycles. The number of carbonyl (C=O) groups is 1. The quantitative estimate of drug-likeness (QED) is 0.910. The topological polar surface area (TPSA) is 32.3 Å². The van der Waals surface area contributed by atoms with Crippen LogP contribution in [0.4, 0.5) is 10.1 Å². The van der Waals surface area contributed by atoms with Crippen LogP contribution in [-0.4, -0.2) is 29.4 Å². The Labute approximate surface area is 113 Å². The second kappa shape index (κ2) is 6.04. The Morgan fingerprint density at radius 1 is 1.37 bits per heavy atom. The normalized spacial score (nSPS) is 23.2. The van der Waals surface area contributed by atoms with E-state index < -0.39 is 0 Å². The Morgan fingerprint density at radius 3 is 2.68 bits per heavy atom. The fraction of sp³-hybridized carbons (Fsp3) is 0.533. The summed E-state index contributed by atoms with van der Waals surface area (Å²) in [4.78, 5) is 14.2. The van der Waals surface area contributed by atoms with Gasteiger partial charge in [-0.15, -0.1) is 0 Å². The molecular weight excluding hydrogens is 243 g/mol. The molecule has 2 rings (SSSR count). The van der Waals surface area contributed by atoms with Gasteiger partial charge in [-0.2, -0.15) is 0 Å². The first kappa shape index (κ1) is 13.8. The minimum absolute atomic E-state index is 0.0870. The van der Waals surface area contributed by atoms with Gasteiger partial charge in [0.05, 0.1) is 6.54 Å². The smallest absolute Gasteiger partial charge is 0.242 e. The molecule has 2 unspecified atom stereocenters. The van der Waals surface area contributed by atoms with Crippen LogP contribution in [0.3, 0.4) is 0 Å². The fourth-order valence-electron chi connectivity index (χ4n) is 2.78. The monoisotopic (exact) mass is 264 g/mol. The minimum atomic E-state index is -0.294. The number of carbonyl (C=O) groups excluding carboxylic acids is 1. The van der Waals surface area contributed by atoms with Crippen LogP contribution in [0.25, 0.3) is 0 Å². The van der Waals surface area contributed by atoms with Gasteiger partial charge in [0, 0.05) is 17.8 Å². The molecule has 1 N–H and O–H groups in total. The minimum Gasteiger partial charge on any atom is -0.376 e. The number of amides is 1. The van der Waals surface area contributed by atoms with Crippen LogP contribution < -0.4 is 5.32 Å². The van der Waals surface area contributed by atoms with Crippen LogP contribution in [0.15, 0.2) is 24.3 Å². The highest BCUT2D eigenvalue weighted by molar-refractivity contribution is 5.81. The first-order valence-electron chi connectivity index (χ1n) is 6.88. The number of likely N-dealkylation sites (tertiary alicyclic amines) is 1. The molecule has 0 bridgehead atoms. The third-order valence-corrected chi connectivity index (χ3v) is 3.75. The van der Waals surface area contributed by atoms with Gasteiger partial charge >= 0.3 is 0 Å². The highest BCUT2D eigenvalue weighted by atomic mass is 19.1. The lowest BCUT2D eigenvalue weighted by atomic mass is 9.97. The Morgan fingerprint density at radius 2 is 2.05 bits per heavy atom. The summed E-state index contributed by atoms with van der Waals surface area (Å²) in [6.45, 7) is 4.41. The van der Waals surface area contributed by atoms with Crippen LogP contribution in [-0.2, 0) is 4.79 Å². The Bertz CT molecular complexity index is 440. The molecule has 0 spiro atoms. The van der Waals surface area contributed by atoms with Crippen molar-refractivity contribution in [3.63, 3.8) is 0 Å². The third-order valence-electron chi connectivity index (χ3n) is 3.75. The summed E-state index contributed by atoms with van der Waals surface area (Å²) in [5.74, 6) is -0.207. The van der Waals surface area contributed by atoms with Crippen molar-refractivity contribution >= 4 is 11.6 Å². The molecule has 19 heavy (non-hydrogen) atoms. The number of piperidine rings is 1. The van der Waals surface area contributed by atoms with Crippen molar-refractivity contribution in [1.82, 2.24) is 4.90 Å². The van der Waals surface area contributed by atoms with Crippen LogP contribution in [0.1, 0.15) is 33.1 Å². The molecule has 1 amide bonds. The van der Waals surface area contributed by atoms with Crippen molar-refractivity contribution in [2.24, 2.45) is 0 Å². The van der Waals surface area contributed by atoms with Gasteiger partial charge in [-0.05, 0) is 51.3 Å². The maximum Gasteiger partial charge on any atom is 0.242 e. The van der Waals surface area contributed by atoms with E-state index in [0.717, 1.165) is 12.8 Å². The first-order valence-corrected chi connectivity index (χ1v) is 6.88. The molecule has 0 radical (unpaired) electrons. The van der Waals surface area contributed by atoms with Crippen molar-refractivity contribution in [3.8, 4) is 0 Å². The van der Waals surface area contributed by atoms with E-state index in [1.165, 1.54) is 18.6 Å². The number of nitrogens with one attached hydrogen (secondary N) is 1. The Hall–Kier alpha value is -1.58. The maximum absolute atomic E-state index is 13.0. The molecule has 1 heterocycles. The summed E-state index contributed by atoms with van der Waals surface area (Å²) in [5.41, 5.74) is 0.644. The predicted octanol–water partition coefficient (Wildman–Crippen LogP) is 3.03. The number of halogens is 1. The van der Waals surface area contributed by atoms with E-state index in [1.807, 2.05) is 4.90 Å². The highest BCUT2D eigenvalue weighted by Crippen LogP contribution is 2.22. The van der Waals surface area contributed by atoms with Crippen molar-refractivity contribution < 1.29 is 9.18 Å². The fourth-order valence-corrected chi connectivity index (χ4v) is 2.78. The van der Waals surface area contributed by atoms with E-state index in [2.05, 4.69) is 19.2 Å². The van der Waals surface area contributed by atoms with Gasteiger partial charge < -0.3 is 10.2 Å². The van der Waals surface area contributed by atoms with Gasteiger partial charge in [0.2, 0.25) is 5.91 Å². The van der Waals surface area contributed by atoms with Crippen LogP contribution >= 0.6 is 0 Å². The average Bonchev–Trinajstić information content (AvgIpc) is 2.36. The number of rotatable bonds is 3. The molecule has 1 aromatic carbocycles. The summed E-state index contributed by atoms with van der Waals surface area (Å²) in [6.07, 6.45) is 3.32. The molecule has 1 aliphatic heterocycles. The first-order chi connectivity index (χ1) is 9.08. The molecule has 2 atom stereocenters. The van der Waals surface area contributed by atoms with Crippen molar-refractivity contribution in [1.29, 1.82) is 0 Å². The van der Waals surface area contributed by atoms with Gasteiger partial charge in [0.25, 0.3) is 0 Å². The summed E-state index contributed by atoms with van der Waals surface area (Å²) in [7, 11) is 0. The zero-order valence-electron chi connectivity index (χ0n) is 11.5. The number of hydrogen-bond donors (Lipinski definition) is 1. The van der Waals surface area contributed by atoms with Gasteiger partial charge in [0.1, 0.15) is 5.82 Å². The third kappa shape index (κ3) is 3.46. The van der Waals surface area contributed by atoms with Crippen molar-refractivity contribution in [3.05, 3.63) is 30.1 Å². The number of benzene rings is 1. The van der Waals surface area contributed by atoms with E-state index in [9.17, 15) is 9.18 Å². The largest absolute Gasteiger partial charge is 0.376 e. The molecule has 1 fully saturated rings. The van der Waals surface area contributed by atoms with Crippen LogP contribution in [0.2, 0.25) is 0 Å². The van der Waals surface area contributed by atoms with Crippen LogP contribution in [0.5, 0.6) is 0 Å². The zero-order chi connectivity index (χ0) is 13.8. The summed E-state index contributed by atoms with van der Waals surface area (Å²) < 4.78 is 13.0. The van der Waals surface area contributed by atoms with E-state index in [0.29, 0.717) is 17.8 Å². The second-order valence-electron chi connectivity index (χ2n) is 5.29. The van der Waals surface area contributed by atoms with Gasteiger partial charge in [-0.3, -0.25) is 4.79 Å². The second-order valence-corrected chi connectivity index (χ2v) is 5.29. The van der Waals surface area contributed by atoms with Crippen molar-refractivity contribution in [2.45, 2.75) is 45.2 Å². The highest BCUT2D eigenvalue weighted by Gasteiger charge is 2.28. The molecule has 104 valence electrons. The Kier molecular flexibility index (Phi) is 4.40. The number of anilines is 1. The lowest BCUT2D eigenvalue weighted by Gasteiger charge is -2.39. The SMILES string of the molecule is CC1CCCC(C)N1C(=O)CNc1cccc(F)c1. The van der Waals surface area contributed by atoms with Gasteiger partial charge in [0.15, 0.2) is 0 Å². The summed E-state index contributed by atoms with van der Waals surface area (Å²) >= 11 is 0. The lowest BCUT2D eigenvalue weighted by molar-refractivity contribution is -0.135. The molecule has 0 aliphatic carbocycles. The van der Waals surface area contributed by atoms with Gasteiger partial charge in [-0.25, -0.2) is 4.39 Å². The molecule has 0 saturated carbocycles. The lowest BCUT2D eigenvalue weighted by Crippen LogP contribution is -2.49. The summed E-state index contributed by atoms with van der Waals surface area (Å²) in [6, 6.07) is 6.78. The van der Waals surface area contributed by atoms with Crippen LogP contribution in [0, 0.1) is 5.82 Å². The van der Waals surface area contributed by atoms with Crippen molar-refractivity contribution in [2.75, 3.05) is 11.9 Å². The van der Waals surface area contributed by atoms with E-state index in [1.54, 1.807) is 12.1 Å². The standard InChI is InChI=1S/C15H21FN2O/c1-11-5-3-6-12(2)18(11)15(19)10-17-14-8-4-7-13(16)9-14/h4,7-9,11-12,17H,3,5-6,10H2,1-2H3.